The molecule has 0 spiro atoms. The predicted octanol–water partition coefficient (Wildman–Crippen LogP) is 2.68. The van der Waals surface area contributed by atoms with Gasteiger partial charge >= 0.3 is 11.9 Å². The van der Waals surface area contributed by atoms with Crippen LogP contribution in [0.5, 0.6) is 0 Å². The summed E-state index contributed by atoms with van der Waals surface area (Å²) in [7, 11) is 0. The molecule has 1 aromatic rings. The summed E-state index contributed by atoms with van der Waals surface area (Å²) in [6.45, 7) is 1.81. The van der Waals surface area contributed by atoms with Gasteiger partial charge in [0.15, 0.2) is 0 Å². The summed E-state index contributed by atoms with van der Waals surface area (Å²) in [4.78, 5) is 22.5. The van der Waals surface area contributed by atoms with Crippen molar-refractivity contribution >= 4 is 11.9 Å². The van der Waals surface area contributed by atoms with Crippen LogP contribution in [0.4, 0.5) is 13.2 Å². The van der Waals surface area contributed by atoms with E-state index in [1.54, 1.807) is 0 Å². The van der Waals surface area contributed by atoms with Gasteiger partial charge in [-0.25, -0.2) is 9.18 Å². The van der Waals surface area contributed by atoms with Crippen LogP contribution in [-0.4, -0.2) is 23.0 Å². The van der Waals surface area contributed by atoms with Crippen LogP contribution in [0.3, 0.4) is 0 Å². The molecule has 1 aromatic carbocycles. The highest BCUT2D eigenvalue weighted by molar-refractivity contribution is 5.88. The topological polar surface area (TPSA) is 66.4 Å². The number of alkyl halides is 2. The van der Waals surface area contributed by atoms with E-state index in [2.05, 4.69) is 0 Å². The Morgan fingerprint density at radius 2 is 1.86 bits per heavy atom. The first-order chi connectivity index (χ1) is 9.78. The molecule has 0 aliphatic rings. The van der Waals surface area contributed by atoms with Gasteiger partial charge in [-0.1, -0.05) is 19.8 Å². The smallest absolute Gasteiger partial charge is 0.349 e. The standard InChI is InChI=1S/C14H16F3NO3/c1-2-3-4-11(12(19)20)18-13(21)14(16,17)9-5-7-10(15)8-6-9/h5-8,11H,2-4H2,1H3,(H,18,21)(H,19,20). The van der Waals surface area contributed by atoms with Crippen molar-refractivity contribution in [2.24, 2.45) is 0 Å². The molecule has 0 aromatic heterocycles. The Hall–Kier alpha value is -2.05. The van der Waals surface area contributed by atoms with Crippen molar-refractivity contribution in [2.75, 3.05) is 0 Å². The van der Waals surface area contributed by atoms with Crippen molar-refractivity contribution in [1.29, 1.82) is 0 Å². The summed E-state index contributed by atoms with van der Waals surface area (Å²) in [5, 5.41) is 10.7. The zero-order chi connectivity index (χ0) is 16.0. The maximum absolute atomic E-state index is 13.9. The van der Waals surface area contributed by atoms with Gasteiger partial charge in [0.1, 0.15) is 11.9 Å². The molecule has 21 heavy (non-hydrogen) atoms. The largest absolute Gasteiger partial charge is 0.480 e. The Morgan fingerprint density at radius 3 is 2.33 bits per heavy atom. The van der Waals surface area contributed by atoms with E-state index >= 15 is 0 Å². The lowest BCUT2D eigenvalue weighted by Gasteiger charge is -2.20. The number of halogens is 3. The molecule has 0 aliphatic heterocycles. The highest BCUT2D eigenvalue weighted by Crippen LogP contribution is 2.28. The molecule has 2 N–H and O–H groups in total. The average Bonchev–Trinajstić information content (AvgIpc) is 2.43. The van der Waals surface area contributed by atoms with E-state index in [4.69, 9.17) is 5.11 Å². The second-order valence-electron chi connectivity index (χ2n) is 4.59. The van der Waals surface area contributed by atoms with Crippen LogP contribution in [-0.2, 0) is 15.5 Å². The summed E-state index contributed by atoms with van der Waals surface area (Å²) in [6, 6.07) is 1.82. The number of carbonyl (C=O) groups excluding carboxylic acids is 1. The quantitative estimate of drug-likeness (QED) is 0.814. The van der Waals surface area contributed by atoms with Gasteiger partial charge in [-0.2, -0.15) is 8.78 Å². The second-order valence-corrected chi connectivity index (χ2v) is 4.59. The van der Waals surface area contributed by atoms with Gasteiger partial charge in [0, 0.05) is 5.56 Å². The van der Waals surface area contributed by atoms with Gasteiger partial charge in [-0.05, 0) is 30.7 Å². The maximum Gasteiger partial charge on any atom is 0.349 e. The fraction of sp³-hybridized carbons (Fsp3) is 0.429. The van der Waals surface area contributed by atoms with Crippen molar-refractivity contribution in [3.05, 3.63) is 35.6 Å². The van der Waals surface area contributed by atoms with Crippen LogP contribution in [0, 0.1) is 5.82 Å². The molecule has 7 heteroatoms. The molecule has 0 heterocycles. The summed E-state index contributed by atoms with van der Waals surface area (Å²) in [5.74, 6) is -7.71. The number of unbranched alkanes of at least 4 members (excludes halogenated alkanes) is 1. The number of hydrogen-bond donors (Lipinski definition) is 2. The normalized spacial score (nSPS) is 12.8. The molecular weight excluding hydrogens is 287 g/mol. The van der Waals surface area contributed by atoms with Gasteiger partial charge in [-0.15, -0.1) is 0 Å². The lowest BCUT2D eigenvalue weighted by Crippen LogP contribution is -2.47. The summed E-state index contributed by atoms with van der Waals surface area (Å²) in [5.41, 5.74) is -0.693. The lowest BCUT2D eigenvalue weighted by atomic mass is 10.1. The third kappa shape index (κ3) is 4.47. The first-order valence-corrected chi connectivity index (χ1v) is 6.46. The van der Waals surface area contributed by atoms with Gasteiger partial charge in [0.05, 0.1) is 0 Å². The minimum atomic E-state index is -3.92. The molecule has 0 bridgehead atoms. The van der Waals surface area contributed by atoms with E-state index in [1.807, 2.05) is 12.2 Å². The number of carboxylic acids is 1. The van der Waals surface area contributed by atoms with Crippen molar-refractivity contribution in [3.8, 4) is 0 Å². The number of aliphatic carboxylic acids is 1. The van der Waals surface area contributed by atoms with Crippen LogP contribution >= 0.6 is 0 Å². The second kappa shape index (κ2) is 7.10. The van der Waals surface area contributed by atoms with Crippen molar-refractivity contribution < 1.29 is 27.9 Å². The molecule has 1 unspecified atom stereocenters. The number of carbonyl (C=O) groups is 2. The molecule has 0 saturated carbocycles. The number of amides is 1. The summed E-state index contributed by atoms with van der Waals surface area (Å²) >= 11 is 0. The van der Waals surface area contributed by atoms with E-state index in [1.165, 1.54) is 0 Å². The molecule has 1 amide bonds. The Kier molecular flexibility index (Phi) is 5.75. The molecule has 0 radical (unpaired) electrons. The number of nitrogens with one attached hydrogen (secondary N) is 1. The highest BCUT2D eigenvalue weighted by Gasteiger charge is 2.42. The molecule has 1 atom stereocenters. The zero-order valence-electron chi connectivity index (χ0n) is 11.4. The molecule has 1 rings (SSSR count). The van der Waals surface area contributed by atoms with Gasteiger partial charge in [0.2, 0.25) is 0 Å². The summed E-state index contributed by atoms with van der Waals surface area (Å²) < 4.78 is 40.5. The Labute approximate surface area is 120 Å². The van der Waals surface area contributed by atoms with Crippen LogP contribution in [0.2, 0.25) is 0 Å². The first-order valence-electron chi connectivity index (χ1n) is 6.46. The van der Waals surface area contributed by atoms with E-state index in [9.17, 15) is 22.8 Å². The fourth-order valence-electron chi connectivity index (χ4n) is 1.70. The van der Waals surface area contributed by atoms with Crippen LogP contribution in [0.1, 0.15) is 31.7 Å². The number of rotatable bonds is 7. The van der Waals surface area contributed by atoms with Gasteiger partial charge in [0.25, 0.3) is 5.91 Å². The van der Waals surface area contributed by atoms with Crippen molar-refractivity contribution in [1.82, 2.24) is 5.32 Å². The maximum atomic E-state index is 13.9. The highest BCUT2D eigenvalue weighted by atomic mass is 19.3. The van der Waals surface area contributed by atoms with Gasteiger partial charge < -0.3 is 10.4 Å². The van der Waals surface area contributed by atoms with Crippen LogP contribution in [0.25, 0.3) is 0 Å². The minimum Gasteiger partial charge on any atom is -0.480 e. The average molecular weight is 303 g/mol. The molecule has 0 saturated heterocycles. The predicted molar refractivity (Wildman–Crippen MR) is 69.4 cm³/mol. The summed E-state index contributed by atoms with van der Waals surface area (Å²) in [6.07, 6.45) is 1.23. The fourth-order valence-corrected chi connectivity index (χ4v) is 1.70. The number of benzene rings is 1. The first kappa shape index (κ1) is 17.0. The monoisotopic (exact) mass is 303 g/mol. The van der Waals surface area contributed by atoms with Crippen molar-refractivity contribution in [3.63, 3.8) is 0 Å². The Morgan fingerprint density at radius 1 is 1.29 bits per heavy atom. The van der Waals surface area contributed by atoms with Crippen LogP contribution in [0.15, 0.2) is 24.3 Å². The van der Waals surface area contributed by atoms with Gasteiger partial charge in [-0.3, -0.25) is 4.79 Å². The van der Waals surface area contributed by atoms with Crippen LogP contribution < -0.4 is 5.32 Å². The van der Waals surface area contributed by atoms with E-state index in [0.717, 1.165) is 24.3 Å². The van der Waals surface area contributed by atoms with E-state index in [-0.39, 0.29) is 6.42 Å². The third-order valence-electron chi connectivity index (χ3n) is 2.94. The molecular formula is C14H16F3NO3. The Bertz CT molecular complexity index is 503. The van der Waals surface area contributed by atoms with Crippen molar-refractivity contribution in [2.45, 2.75) is 38.2 Å². The molecule has 0 fully saturated rings. The van der Waals surface area contributed by atoms with E-state index in [0.29, 0.717) is 12.8 Å². The SMILES string of the molecule is CCCCC(NC(=O)C(F)(F)c1ccc(F)cc1)C(=O)O. The lowest BCUT2D eigenvalue weighted by molar-refractivity contribution is -0.152. The Balaban J connectivity index is 2.84. The zero-order valence-corrected chi connectivity index (χ0v) is 11.4. The minimum absolute atomic E-state index is 0.0665. The number of carboxylic acid groups (broad SMARTS) is 1. The number of hydrogen-bond acceptors (Lipinski definition) is 2. The molecule has 0 aliphatic carbocycles. The third-order valence-corrected chi connectivity index (χ3v) is 2.94. The van der Waals surface area contributed by atoms with E-state index < -0.39 is 35.2 Å². The molecule has 4 nitrogen and oxygen atoms in total. The molecule has 116 valence electrons.